The first-order chi connectivity index (χ1) is 8.04. The van der Waals surface area contributed by atoms with Crippen LogP contribution in [-0.4, -0.2) is 36.1 Å². The molecule has 17 heavy (non-hydrogen) atoms. The molecule has 0 amide bonds. The topological polar surface area (TPSA) is 15.3 Å². The van der Waals surface area contributed by atoms with Gasteiger partial charge in [-0.2, -0.15) is 0 Å². The Morgan fingerprint density at radius 1 is 1.24 bits per heavy atom. The molecule has 0 aromatic carbocycles. The molecule has 1 rings (SSSR count). The van der Waals surface area contributed by atoms with Gasteiger partial charge in [0.15, 0.2) is 0 Å². The molecule has 0 aliphatic carbocycles. The molecular formula is C15H32N2. The average molecular weight is 240 g/mol. The van der Waals surface area contributed by atoms with E-state index < -0.39 is 0 Å². The summed E-state index contributed by atoms with van der Waals surface area (Å²) >= 11 is 0. The highest BCUT2D eigenvalue weighted by Crippen LogP contribution is 2.23. The first-order valence-electron chi connectivity index (χ1n) is 7.53. The van der Waals surface area contributed by atoms with Crippen LogP contribution >= 0.6 is 0 Å². The van der Waals surface area contributed by atoms with Crippen LogP contribution in [0.25, 0.3) is 0 Å². The Labute approximate surface area is 108 Å². The minimum atomic E-state index is 0.667. The number of nitrogens with zero attached hydrogens (tertiary/aromatic N) is 1. The van der Waals surface area contributed by atoms with Crippen molar-refractivity contribution in [2.24, 2.45) is 5.92 Å². The van der Waals surface area contributed by atoms with E-state index in [4.69, 9.17) is 0 Å². The third-order valence-electron chi connectivity index (χ3n) is 4.22. The molecule has 2 heteroatoms. The van der Waals surface area contributed by atoms with Crippen molar-refractivity contribution in [2.45, 2.75) is 78.4 Å². The van der Waals surface area contributed by atoms with Crippen LogP contribution in [0.3, 0.4) is 0 Å². The second-order valence-electron chi connectivity index (χ2n) is 6.18. The third kappa shape index (κ3) is 4.97. The molecule has 1 N–H and O–H groups in total. The molecule has 2 nitrogen and oxygen atoms in total. The summed E-state index contributed by atoms with van der Waals surface area (Å²) < 4.78 is 0. The van der Waals surface area contributed by atoms with E-state index in [9.17, 15) is 0 Å². The van der Waals surface area contributed by atoms with Gasteiger partial charge in [0.1, 0.15) is 0 Å². The highest BCUT2D eigenvalue weighted by Gasteiger charge is 2.26. The van der Waals surface area contributed by atoms with Crippen LogP contribution in [0.1, 0.15) is 60.3 Å². The highest BCUT2D eigenvalue weighted by molar-refractivity contribution is 4.82. The molecule has 0 aromatic rings. The van der Waals surface area contributed by atoms with Crippen molar-refractivity contribution in [1.82, 2.24) is 10.2 Å². The Morgan fingerprint density at radius 2 is 1.94 bits per heavy atom. The van der Waals surface area contributed by atoms with E-state index in [0.717, 1.165) is 18.5 Å². The van der Waals surface area contributed by atoms with Gasteiger partial charge in [0.2, 0.25) is 0 Å². The molecule has 102 valence electrons. The van der Waals surface area contributed by atoms with Gasteiger partial charge in [-0.3, -0.25) is 4.90 Å². The Bertz CT molecular complexity index is 205. The van der Waals surface area contributed by atoms with Crippen LogP contribution < -0.4 is 5.32 Å². The lowest BCUT2D eigenvalue weighted by Crippen LogP contribution is -2.50. The lowest BCUT2D eigenvalue weighted by molar-refractivity contribution is 0.0828. The SMILES string of the molecule is CCCC(C)NCC(C)N1CC(C)CCC1C. The fourth-order valence-electron chi connectivity index (χ4n) is 2.96. The number of piperidine rings is 1. The van der Waals surface area contributed by atoms with Gasteiger partial charge in [-0.05, 0) is 46.0 Å². The Balaban J connectivity index is 2.32. The van der Waals surface area contributed by atoms with Gasteiger partial charge < -0.3 is 5.32 Å². The Kier molecular flexibility index (Phi) is 6.50. The number of likely N-dealkylation sites (tertiary alicyclic amines) is 1. The van der Waals surface area contributed by atoms with Gasteiger partial charge in [-0.25, -0.2) is 0 Å². The quantitative estimate of drug-likeness (QED) is 0.766. The fraction of sp³-hybridized carbons (Fsp3) is 1.00. The molecule has 1 fully saturated rings. The van der Waals surface area contributed by atoms with Crippen molar-refractivity contribution in [3.63, 3.8) is 0 Å². The predicted molar refractivity (Wildman–Crippen MR) is 76.4 cm³/mol. The summed E-state index contributed by atoms with van der Waals surface area (Å²) in [6, 6.07) is 2.11. The minimum absolute atomic E-state index is 0.667. The molecule has 0 bridgehead atoms. The number of hydrogen-bond donors (Lipinski definition) is 1. The van der Waals surface area contributed by atoms with Gasteiger partial charge >= 0.3 is 0 Å². The van der Waals surface area contributed by atoms with Crippen LogP contribution in [-0.2, 0) is 0 Å². The monoisotopic (exact) mass is 240 g/mol. The molecule has 0 saturated carbocycles. The van der Waals surface area contributed by atoms with Gasteiger partial charge in [-0.1, -0.05) is 20.3 Å². The summed E-state index contributed by atoms with van der Waals surface area (Å²) in [5, 5.41) is 3.67. The number of nitrogens with one attached hydrogen (secondary N) is 1. The summed E-state index contributed by atoms with van der Waals surface area (Å²) in [7, 11) is 0. The molecular weight excluding hydrogens is 208 g/mol. The maximum atomic E-state index is 3.67. The maximum Gasteiger partial charge on any atom is 0.0195 e. The van der Waals surface area contributed by atoms with Gasteiger partial charge in [0, 0.05) is 31.2 Å². The number of rotatable bonds is 6. The van der Waals surface area contributed by atoms with Crippen molar-refractivity contribution >= 4 is 0 Å². The largest absolute Gasteiger partial charge is 0.313 e. The fourth-order valence-corrected chi connectivity index (χ4v) is 2.96. The van der Waals surface area contributed by atoms with Crippen LogP contribution in [0.2, 0.25) is 0 Å². The van der Waals surface area contributed by atoms with Crippen molar-refractivity contribution < 1.29 is 0 Å². The molecule has 1 aliphatic rings. The average Bonchev–Trinajstić information content (AvgIpc) is 2.29. The summed E-state index contributed by atoms with van der Waals surface area (Å²) in [5.74, 6) is 0.877. The van der Waals surface area contributed by atoms with Gasteiger partial charge in [0.25, 0.3) is 0 Å². The van der Waals surface area contributed by atoms with Gasteiger partial charge in [0.05, 0.1) is 0 Å². The Hall–Kier alpha value is -0.0800. The van der Waals surface area contributed by atoms with E-state index in [1.54, 1.807) is 0 Å². The molecule has 0 aromatic heterocycles. The van der Waals surface area contributed by atoms with Crippen molar-refractivity contribution in [1.29, 1.82) is 0 Å². The molecule has 4 unspecified atom stereocenters. The molecule has 0 radical (unpaired) electrons. The van der Waals surface area contributed by atoms with E-state index in [1.807, 2.05) is 0 Å². The summed E-state index contributed by atoms with van der Waals surface area (Å²) in [5.41, 5.74) is 0. The first kappa shape index (κ1) is 15.0. The summed E-state index contributed by atoms with van der Waals surface area (Å²) in [6.45, 7) is 14.1. The van der Waals surface area contributed by atoms with E-state index in [0.29, 0.717) is 12.1 Å². The van der Waals surface area contributed by atoms with Crippen molar-refractivity contribution in [3.05, 3.63) is 0 Å². The predicted octanol–water partition coefficient (Wildman–Crippen LogP) is 3.27. The molecule has 4 atom stereocenters. The second-order valence-corrected chi connectivity index (χ2v) is 6.18. The van der Waals surface area contributed by atoms with Crippen LogP contribution in [0.4, 0.5) is 0 Å². The third-order valence-corrected chi connectivity index (χ3v) is 4.22. The summed E-state index contributed by atoms with van der Waals surface area (Å²) in [6.07, 6.45) is 5.35. The lowest BCUT2D eigenvalue weighted by atomic mass is 9.93. The van der Waals surface area contributed by atoms with E-state index >= 15 is 0 Å². The standard InChI is InChI=1S/C15H32N2/c1-6-7-13(3)16-10-15(5)17-11-12(2)8-9-14(17)4/h12-16H,6-11H2,1-5H3. The molecule has 1 aliphatic heterocycles. The maximum absolute atomic E-state index is 3.67. The van der Waals surface area contributed by atoms with Crippen LogP contribution in [0.15, 0.2) is 0 Å². The van der Waals surface area contributed by atoms with Crippen LogP contribution in [0.5, 0.6) is 0 Å². The summed E-state index contributed by atoms with van der Waals surface area (Å²) in [4.78, 5) is 2.69. The minimum Gasteiger partial charge on any atom is -0.313 e. The van der Waals surface area contributed by atoms with E-state index in [2.05, 4.69) is 44.8 Å². The second kappa shape index (κ2) is 7.38. The van der Waals surface area contributed by atoms with E-state index in [1.165, 1.54) is 32.2 Å². The number of hydrogen-bond acceptors (Lipinski definition) is 2. The highest BCUT2D eigenvalue weighted by atomic mass is 15.2. The molecule has 1 saturated heterocycles. The van der Waals surface area contributed by atoms with Crippen molar-refractivity contribution in [2.75, 3.05) is 13.1 Å². The molecule has 0 spiro atoms. The lowest BCUT2D eigenvalue weighted by Gasteiger charge is -2.41. The smallest absolute Gasteiger partial charge is 0.0195 e. The zero-order valence-electron chi connectivity index (χ0n) is 12.5. The van der Waals surface area contributed by atoms with Crippen LogP contribution in [0, 0.1) is 5.92 Å². The van der Waals surface area contributed by atoms with Crippen molar-refractivity contribution in [3.8, 4) is 0 Å². The van der Waals surface area contributed by atoms with Gasteiger partial charge in [-0.15, -0.1) is 0 Å². The Morgan fingerprint density at radius 3 is 2.59 bits per heavy atom. The molecule has 1 heterocycles. The van der Waals surface area contributed by atoms with E-state index in [-0.39, 0.29) is 0 Å². The zero-order chi connectivity index (χ0) is 12.8. The first-order valence-corrected chi connectivity index (χ1v) is 7.53. The zero-order valence-corrected chi connectivity index (χ0v) is 12.5. The normalized spacial score (nSPS) is 30.2.